The van der Waals surface area contributed by atoms with Crippen LogP contribution >= 0.6 is 15.9 Å². The Morgan fingerprint density at radius 3 is 2.50 bits per heavy atom. The third kappa shape index (κ3) is 1.87. The highest BCUT2D eigenvalue weighted by molar-refractivity contribution is 9.10. The third-order valence-electron chi connectivity index (χ3n) is 1.73. The molecule has 1 N–H and O–H groups in total. The van der Waals surface area contributed by atoms with Crippen LogP contribution in [0, 0.1) is 13.8 Å². The summed E-state index contributed by atoms with van der Waals surface area (Å²) in [6.45, 7) is 6.23. The molecule has 1 atom stereocenters. The van der Waals surface area contributed by atoms with Crippen LogP contribution in [-0.2, 0) is 6.54 Å². The maximum atomic E-state index is 9.15. The molecule has 3 nitrogen and oxygen atoms in total. The minimum absolute atomic E-state index is 0.352. The van der Waals surface area contributed by atoms with Crippen molar-refractivity contribution < 1.29 is 5.11 Å². The lowest BCUT2D eigenvalue weighted by Gasteiger charge is -2.05. The highest BCUT2D eigenvalue weighted by atomic mass is 79.9. The van der Waals surface area contributed by atoms with Gasteiger partial charge in [-0.3, -0.25) is 4.68 Å². The van der Waals surface area contributed by atoms with E-state index in [1.165, 1.54) is 0 Å². The lowest BCUT2D eigenvalue weighted by molar-refractivity contribution is 0.167. The molecular weight excluding hydrogens is 220 g/mol. The van der Waals surface area contributed by atoms with Crippen molar-refractivity contribution in [3.8, 4) is 0 Å². The van der Waals surface area contributed by atoms with Gasteiger partial charge in [-0.2, -0.15) is 5.10 Å². The number of nitrogens with zero attached hydrogens (tertiary/aromatic N) is 2. The van der Waals surface area contributed by atoms with Crippen molar-refractivity contribution in [3.63, 3.8) is 0 Å². The Kier molecular flexibility index (Phi) is 2.90. The monoisotopic (exact) mass is 232 g/mol. The van der Waals surface area contributed by atoms with Crippen molar-refractivity contribution in [3.05, 3.63) is 15.9 Å². The fraction of sp³-hybridized carbons (Fsp3) is 0.625. The van der Waals surface area contributed by atoms with Crippen molar-refractivity contribution in [2.24, 2.45) is 0 Å². The summed E-state index contributed by atoms with van der Waals surface area (Å²) in [4.78, 5) is 0. The molecule has 0 unspecified atom stereocenters. The van der Waals surface area contributed by atoms with Gasteiger partial charge in [0.15, 0.2) is 0 Å². The number of aliphatic hydroxyl groups is 1. The molecule has 12 heavy (non-hydrogen) atoms. The standard InChI is InChI=1S/C8H13BrN2O/c1-5(12)4-11-7(3)8(9)6(2)10-11/h5,12H,4H2,1-3H3/t5-/m0/s1. The van der Waals surface area contributed by atoms with Gasteiger partial charge in [-0.25, -0.2) is 0 Å². The SMILES string of the molecule is Cc1nn(C[C@H](C)O)c(C)c1Br. The average molecular weight is 233 g/mol. The Labute approximate surface area is 80.5 Å². The molecule has 0 saturated carbocycles. The molecule has 1 heterocycles. The third-order valence-corrected chi connectivity index (χ3v) is 2.88. The molecule has 0 bridgehead atoms. The van der Waals surface area contributed by atoms with Gasteiger partial charge in [0.2, 0.25) is 0 Å². The predicted octanol–water partition coefficient (Wildman–Crippen LogP) is 1.64. The van der Waals surface area contributed by atoms with Crippen LogP contribution in [0.4, 0.5) is 0 Å². The molecule has 0 aliphatic carbocycles. The number of hydrogen-bond donors (Lipinski definition) is 1. The van der Waals surface area contributed by atoms with Crippen LogP contribution in [-0.4, -0.2) is 21.0 Å². The molecule has 0 saturated heterocycles. The summed E-state index contributed by atoms with van der Waals surface area (Å²) >= 11 is 3.42. The summed E-state index contributed by atoms with van der Waals surface area (Å²) in [6, 6.07) is 0. The van der Waals surface area contributed by atoms with E-state index in [0.29, 0.717) is 6.54 Å². The van der Waals surface area contributed by atoms with E-state index in [-0.39, 0.29) is 6.10 Å². The Bertz CT molecular complexity index is 281. The summed E-state index contributed by atoms with van der Waals surface area (Å²) in [7, 11) is 0. The molecule has 0 aliphatic rings. The van der Waals surface area contributed by atoms with Crippen LogP contribution in [0.25, 0.3) is 0 Å². The van der Waals surface area contributed by atoms with E-state index >= 15 is 0 Å². The quantitative estimate of drug-likeness (QED) is 0.843. The minimum Gasteiger partial charge on any atom is -0.391 e. The number of aryl methyl sites for hydroxylation is 1. The second-order valence-corrected chi connectivity index (χ2v) is 3.81. The molecule has 0 aromatic carbocycles. The number of aliphatic hydroxyl groups excluding tert-OH is 1. The first-order chi connectivity index (χ1) is 5.52. The predicted molar refractivity (Wildman–Crippen MR) is 51.1 cm³/mol. The van der Waals surface area contributed by atoms with Gasteiger partial charge < -0.3 is 5.11 Å². The molecular formula is C8H13BrN2O. The maximum Gasteiger partial charge on any atom is 0.0738 e. The summed E-state index contributed by atoms with van der Waals surface area (Å²) in [5.74, 6) is 0. The van der Waals surface area contributed by atoms with Crippen LogP contribution < -0.4 is 0 Å². The van der Waals surface area contributed by atoms with E-state index in [2.05, 4.69) is 21.0 Å². The van der Waals surface area contributed by atoms with Crippen LogP contribution in [0.5, 0.6) is 0 Å². The van der Waals surface area contributed by atoms with Crippen molar-refractivity contribution in [2.75, 3.05) is 0 Å². The van der Waals surface area contributed by atoms with E-state index in [0.717, 1.165) is 15.9 Å². The van der Waals surface area contributed by atoms with E-state index in [1.807, 2.05) is 18.5 Å². The molecule has 68 valence electrons. The first kappa shape index (κ1) is 9.74. The highest BCUT2D eigenvalue weighted by Gasteiger charge is 2.09. The Morgan fingerprint density at radius 2 is 2.17 bits per heavy atom. The second kappa shape index (κ2) is 3.58. The zero-order valence-corrected chi connectivity index (χ0v) is 9.09. The van der Waals surface area contributed by atoms with E-state index in [4.69, 9.17) is 5.11 Å². The number of rotatable bonds is 2. The zero-order chi connectivity index (χ0) is 9.30. The van der Waals surface area contributed by atoms with Gasteiger partial charge in [-0.1, -0.05) is 0 Å². The van der Waals surface area contributed by atoms with Gasteiger partial charge >= 0.3 is 0 Å². The molecule has 0 fully saturated rings. The first-order valence-corrected chi connectivity index (χ1v) is 4.69. The van der Waals surface area contributed by atoms with Gasteiger partial charge in [0.25, 0.3) is 0 Å². The minimum atomic E-state index is -0.352. The number of halogens is 1. The highest BCUT2D eigenvalue weighted by Crippen LogP contribution is 2.19. The molecule has 0 radical (unpaired) electrons. The van der Waals surface area contributed by atoms with Gasteiger partial charge in [0.05, 0.1) is 22.8 Å². The Hall–Kier alpha value is -0.350. The van der Waals surface area contributed by atoms with E-state index in [9.17, 15) is 0 Å². The molecule has 0 amide bonds. The lowest BCUT2D eigenvalue weighted by Crippen LogP contribution is -2.14. The van der Waals surface area contributed by atoms with Crippen molar-refractivity contribution in [1.29, 1.82) is 0 Å². The molecule has 1 aromatic rings. The maximum absolute atomic E-state index is 9.15. The Morgan fingerprint density at radius 1 is 1.58 bits per heavy atom. The van der Waals surface area contributed by atoms with Crippen LogP contribution in [0.2, 0.25) is 0 Å². The summed E-state index contributed by atoms with van der Waals surface area (Å²) in [5, 5.41) is 13.4. The van der Waals surface area contributed by atoms with Gasteiger partial charge in [-0.05, 0) is 36.7 Å². The number of aromatic nitrogens is 2. The molecule has 1 rings (SSSR count). The summed E-state index contributed by atoms with van der Waals surface area (Å²) in [6.07, 6.45) is -0.352. The molecule has 1 aromatic heterocycles. The van der Waals surface area contributed by atoms with Crippen molar-refractivity contribution in [1.82, 2.24) is 9.78 Å². The smallest absolute Gasteiger partial charge is 0.0738 e. The topological polar surface area (TPSA) is 38.0 Å². The molecule has 0 aliphatic heterocycles. The summed E-state index contributed by atoms with van der Waals surface area (Å²) in [5.41, 5.74) is 2.03. The fourth-order valence-corrected chi connectivity index (χ4v) is 1.39. The van der Waals surface area contributed by atoms with Crippen LogP contribution in [0.15, 0.2) is 4.47 Å². The normalized spacial score (nSPS) is 13.4. The number of hydrogen-bond acceptors (Lipinski definition) is 2. The zero-order valence-electron chi connectivity index (χ0n) is 7.50. The fourth-order valence-electron chi connectivity index (χ4n) is 1.10. The summed E-state index contributed by atoms with van der Waals surface area (Å²) < 4.78 is 2.84. The van der Waals surface area contributed by atoms with Crippen LogP contribution in [0.3, 0.4) is 0 Å². The first-order valence-electron chi connectivity index (χ1n) is 3.90. The van der Waals surface area contributed by atoms with E-state index in [1.54, 1.807) is 6.92 Å². The lowest BCUT2D eigenvalue weighted by atomic mass is 10.4. The average Bonchev–Trinajstić information content (AvgIpc) is 2.17. The van der Waals surface area contributed by atoms with Crippen molar-refractivity contribution >= 4 is 15.9 Å². The van der Waals surface area contributed by atoms with Crippen molar-refractivity contribution in [2.45, 2.75) is 33.4 Å². The second-order valence-electron chi connectivity index (χ2n) is 3.02. The van der Waals surface area contributed by atoms with E-state index < -0.39 is 0 Å². The molecule has 0 spiro atoms. The van der Waals surface area contributed by atoms with Gasteiger partial charge in [-0.15, -0.1) is 0 Å². The Balaban J connectivity index is 2.93. The van der Waals surface area contributed by atoms with Crippen LogP contribution in [0.1, 0.15) is 18.3 Å². The molecule has 4 heteroatoms. The largest absolute Gasteiger partial charge is 0.391 e. The van der Waals surface area contributed by atoms with Gasteiger partial charge in [0, 0.05) is 5.69 Å². The van der Waals surface area contributed by atoms with Gasteiger partial charge in [0.1, 0.15) is 0 Å².